The van der Waals surface area contributed by atoms with Crippen LogP contribution in [0.25, 0.3) is 0 Å². The van der Waals surface area contributed by atoms with Crippen LogP contribution >= 0.6 is 0 Å². The maximum atomic E-state index is 10.3. The molecule has 4 heteroatoms. The summed E-state index contributed by atoms with van der Waals surface area (Å²) < 4.78 is 7.64. The van der Waals surface area contributed by atoms with Crippen LogP contribution in [-0.4, -0.2) is 36.1 Å². The maximum absolute atomic E-state index is 10.3. The first kappa shape index (κ1) is 12.1. The fraction of sp³-hybridized carbons (Fsp3) is 0.714. The first-order valence-corrected chi connectivity index (χ1v) is 6.78. The van der Waals surface area contributed by atoms with Gasteiger partial charge in [-0.2, -0.15) is 0 Å². The Morgan fingerprint density at radius 1 is 1.33 bits per heavy atom. The normalized spacial score (nSPS) is 27.1. The number of morpholine rings is 1. The summed E-state index contributed by atoms with van der Waals surface area (Å²) in [6, 6.07) is 2.07. The van der Waals surface area contributed by atoms with Crippen LogP contribution in [-0.2, 0) is 11.2 Å². The van der Waals surface area contributed by atoms with Crippen molar-refractivity contribution in [1.29, 1.82) is 0 Å². The topological polar surface area (TPSA) is 37.6 Å². The SMILES string of the molecule is CC1(C)Cc2c(ccn2N2CCOCC2)C(O)C1. The van der Waals surface area contributed by atoms with Crippen LogP contribution < -0.4 is 5.01 Å². The van der Waals surface area contributed by atoms with Crippen molar-refractivity contribution in [3.8, 4) is 0 Å². The third-order valence-corrected chi connectivity index (χ3v) is 4.05. The number of rotatable bonds is 1. The van der Waals surface area contributed by atoms with Crippen molar-refractivity contribution in [3.63, 3.8) is 0 Å². The minimum atomic E-state index is -0.314. The van der Waals surface area contributed by atoms with Gasteiger partial charge in [-0.25, -0.2) is 0 Å². The van der Waals surface area contributed by atoms with Gasteiger partial charge < -0.3 is 14.9 Å². The third kappa shape index (κ3) is 2.04. The molecule has 0 bridgehead atoms. The molecule has 1 saturated heterocycles. The van der Waals surface area contributed by atoms with Gasteiger partial charge in [0.05, 0.1) is 32.4 Å². The predicted octanol–water partition coefficient (Wildman–Crippen LogP) is 1.46. The first-order chi connectivity index (χ1) is 8.57. The minimum Gasteiger partial charge on any atom is -0.388 e. The fourth-order valence-corrected chi connectivity index (χ4v) is 3.15. The minimum absolute atomic E-state index is 0.175. The first-order valence-electron chi connectivity index (χ1n) is 6.78. The number of fused-ring (bicyclic) bond motifs is 1. The Morgan fingerprint density at radius 2 is 2.06 bits per heavy atom. The lowest BCUT2D eigenvalue weighted by Gasteiger charge is -2.37. The Morgan fingerprint density at radius 3 is 2.78 bits per heavy atom. The Hall–Kier alpha value is -1.00. The lowest BCUT2D eigenvalue weighted by molar-refractivity contribution is 0.0940. The van der Waals surface area contributed by atoms with E-state index in [0.717, 1.165) is 44.7 Å². The van der Waals surface area contributed by atoms with E-state index in [1.54, 1.807) is 0 Å². The summed E-state index contributed by atoms with van der Waals surface area (Å²) in [5.41, 5.74) is 2.57. The number of nitrogens with zero attached hydrogens (tertiary/aromatic N) is 2. The maximum Gasteiger partial charge on any atom is 0.0813 e. The summed E-state index contributed by atoms with van der Waals surface area (Å²) in [4.78, 5) is 0. The van der Waals surface area contributed by atoms with Crippen LogP contribution in [0.15, 0.2) is 12.3 Å². The van der Waals surface area contributed by atoms with E-state index in [1.165, 1.54) is 5.69 Å². The molecule has 0 radical (unpaired) electrons. The van der Waals surface area contributed by atoms with Gasteiger partial charge in [0.2, 0.25) is 0 Å². The second kappa shape index (κ2) is 4.28. The summed E-state index contributed by atoms with van der Waals surface area (Å²) in [5.74, 6) is 0. The van der Waals surface area contributed by atoms with Gasteiger partial charge in [-0.05, 0) is 24.3 Å². The number of ether oxygens (including phenoxy) is 1. The molecule has 1 aromatic heterocycles. The number of hydrogen-bond acceptors (Lipinski definition) is 3. The Balaban J connectivity index is 1.93. The van der Waals surface area contributed by atoms with Gasteiger partial charge in [0.15, 0.2) is 0 Å². The second-order valence-electron chi connectivity index (χ2n) is 6.19. The Kier molecular flexibility index (Phi) is 2.87. The largest absolute Gasteiger partial charge is 0.388 e. The van der Waals surface area contributed by atoms with Crippen molar-refractivity contribution in [2.75, 3.05) is 31.3 Å². The molecule has 0 spiro atoms. The lowest BCUT2D eigenvalue weighted by Crippen LogP contribution is -2.45. The molecule has 1 unspecified atom stereocenters. The highest BCUT2D eigenvalue weighted by Gasteiger charge is 2.34. The molecule has 2 aliphatic rings. The zero-order valence-corrected chi connectivity index (χ0v) is 11.2. The van der Waals surface area contributed by atoms with Crippen LogP contribution in [0.1, 0.15) is 37.6 Å². The number of hydrogen-bond donors (Lipinski definition) is 1. The highest BCUT2D eigenvalue weighted by Crippen LogP contribution is 2.41. The fourth-order valence-electron chi connectivity index (χ4n) is 3.15. The molecule has 1 aromatic rings. The number of aliphatic hydroxyl groups excluding tert-OH is 1. The van der Waals surface area contributed by atoms with E-state index in [9.17, 15) is 5.11 Å². The molecule has 1 aliphatic heterocycles. The molecule has 0 saturated carbocycles. The van der Waals surface area contributed by atoms with Crippen LogP contribution in [0, 0.1) is 5.41 Å². The van der Waals surface area contributed by atoms with E-state index in [1.807, 2.05) is 0 Å². The third-order valence-electron chi connectivity index (χ3n) is 4.05. The molecular weight excluding hydrogens is 228 g/mol. The summed E-state index contributed by atoms with van der Waals surface area (Å²) in [6.45, 7) is 7.90. The molecule has 2 heterocycles. The smallest absolute Gasteiger partial charge is 0.0813 e. The van der Waals surface area contributed by atoms with Gasteiger partial charge in [-0.15, -0.1) is 0 Å². The molecule has 1 N–H and O–H groups in total. The summed E-state index contributed by atoms with van der Waals surface area (Å²) in [6.07, 6.45) is 3.67. The molecule has 1 fully saturated rings. The Labute approximate surface area is 108 Å². The monoisotopic (exact) mass is 250 g/mol. The molecular formula is C14H22N2O2. The van der Waals surface area contributed by atoms with Crippen molar-refractivity contribution in [3.05, 3.63) is 23.5 Å². The average molecular weight is 250 g/mol. The van der Waals surface area contributed by atoms with E-state index >= 15 is 0 Å². The van der Waals surface area contributed by atoms with Crippen molar-refractivity contribution in [2.45, 2.75) is 32.8 Å². The van der Waals surface area contributed by atoms with Crippen molar-refractivity contribution in [1.82, 2.24) is 4.68 Å². The van der Waals surface area contributed by atoms with E-state index < -0.39 is 0 Å². The highest BCUT2D eigenvalue weighted by atomic mass is 16.5. The van der Waals surface area contributed by atoms with Crippen LogP contribution in [0.5, 0.6) is 0 Å². The van der Waals surface area contributed by atoms with Gasteiger partial charge in [-0.3, -0.25) is 4.68 Å². The standard InChI is InChI=1S/C14H22N2O2/c1-14(2)9-12-11(13(17)10-14)3-4-16(12)15-5-7-18-8-6-15/h3-4,13,17H,5-10H2,1-2H3. The summed E-state index contributed by atoms with van der Waals surface area (Å²) in [7, 11) is 0. The van der Waals surface area contributed by atoms with Crippen LogP contribution in [0.3, 0.4) is 0 Å². The van der Waals surface area contributed by atoms with E-state index in [0.29, 0.717) is 0 Å². The van der Waals surface area contributed by atoms with E-state index in [4.69, 9.17) is 4.74 Å². The second-order valence-corrected chi connectivity index (χ2v) is 6.19. The highest BCUT2D eigenvalue weighted by molar-refractivity contribution is 5.30. The lowest BCUT2D eigenvalue weighted by atomic mass is 9.75. The number of aromatic nitrogens is 1. The van der Waals surface area contributed by atoms with E-state index in [-0.39, 0.29) is 11.5 Å². The molecule has 1 atom stereocenters. The zero-order valence-electron chi connectivity index (χ0n) is 11.2. The van der Waals surface area contributed by atoms with Crippen LogP contribution in [0.2, 0.25) is 0 Å². The van der Waals surface area contributed by atoms with Gasteiger partial charge in [0.1, 0.15) is 0 Å². The molecule has 0 amide bonds. The molecule has 18 heavy (non-hydrogen) atoms. The average Bonchev–Trinajstić information content (AvgIpc) is 2.72. The van der Waals surface area contributed by atoms with E-state index in [2.05, 4.69) is 35.8 Å². The predicted molar refractivity (Wildman–Crippen MR) is 70.3 cm³/mol. The van der Waals surface area contributed by atoms with Crippen LogP contribution in [0.4, 0.5) is 0 Å². The van der Waals surface area contributed by atoms with Gasteiger partial charge >= 0.3 is 0 Å². The molecule has 1 aliphatic carbocycles. The Bertz CT molecular complexity index is 433. The van der Waals surface area contributed by atoms with Crippen molar-refractivity contribution >= 4 is 0 Å². The molecule has 4 nitrogen and oxygen atoms in total. The quantitative estimate of drug-likeness (QED) is 0.820. The molecule has 100 valence electrons. The summed E-state index contributed by atoms with van der Waals surface area (Å²) in [5, 5.41) is 12.6. The van der Waals surface area contributed by atoms with Crippen molar-refractivity contribution in [2.24, 2.45) is 5.41 Å². The molecule has 3 rings (SSSR count). The number of aliphatic hydroxyl groups is 1. The molecule has 0 aromatic carbocycles. The zero-order chi connectivity index (χ0) is 12.8. The summed E-state index contributed by atoms with van der Waals surface area (Å²) >= 11 is 0. The van der Waals surface area contributed by atoms with Gasteiger partial charge in [-0.1, -0.05) is 13.8 Å². The van der Waals surface area contributed by atoms with Gasteiger partial charge in [0.25, 0.3) is 0 Å². The van der Waals surface area contributed by atoms with Gasteiger partial charge in [0, 0.05) is 17.5 Å². The van der Waals surface area contributed by atoms with Crippen molar-refractivity contribution < 1.29 is 9.84 Å².